The molecule has 2 aromatic heterocycles. The first kappa shape index (κ1) is 19.3. The van der Waals surface area contributed by atoms with Gasteiger partial charge < -0.3 is 15.0 Å². The van der Waals surface area contributed by atoms with Crippen LogP contribution in [0.25, 0.3) is 5.69 Å². The largest absolute Gasteiger partial charge is 0.479 e. The van der Waals surface area contributed by atoms with E-state index in [-0.39, 0.29) is 11.7 Å². The highest BCUT2D eigenvalue weighted by molar-refractivity contribution is 6.05. The standard InChI is InChI=1S/C20H21FN4O3/c1-12-9-17(13(2)25(12)16-7-5-14(21)6-8-16)18(26)23-15-10-22-24(11-15)20(3,4)19(27)28/h5-11H,1-4H3,(H,23,26)(H,27,28). The van der Waals surface area contributed by atoms with Gasteiger partial charge in [-0.15, -0.1) is 0 Å². The van der Waals surface area contributed by atoms with Crippen molar-refractivity contribution in [1.82, 2.24) is 14.3 Å². The second kappa shape index (κ2) is 6.95. The molecule has 0 aliphatic carbocycles. The first-order valence-corrected chi connectivity index (χ1v) is 8.66. The summed E-state index contributed by atoms with van der Waals surface area (Å²) in [6.45, 7) is 6.71. The molecule has 0 bridgehead atoms. The van der Waals surface area contributed by atoms with Crippen LogP contribution in [0.2, 0.25) is 0 Å². The number of carbonyl (C=O) groups excluding carboxylic acids is 1. The molecule has 146 valence electrons. The van der Waals surface area contributed by atoms with Gasteiger partial charge in [0.05, 0.1) is 17.4 Å². The molecule has 0 fully saturated rings. The molecule has 2 heterocycles. The van der Waals surface area contributed by atoms with Crippen LogP contribution < -0.4 is 5.32 Å². The van der Waals surface area contributed by atoms with Crippen molar-refractivity contribution in [1.29, 1.82) is 0 Å². The van der Waals surface area contributed by atoms with Gasteiger partial charge in [-0.3, -0.25) is 9.48 Å². The molecule has 8 heteroatoms. The van der Waals surface area contributed by atoms with Crippen molar-refractivity contribution < 1.29 is 19.1 Å². The number of hydrogen-bond acceptors (Lipinski definition) is 3. The molecule has 1 amide bonds. The van der Waals surface area contributed by atoms with E-state index in [1.807, 2.05) is 18.4 Å². The van der Waals surface area contributed by atoms with Crippen LogP contribution in [0.15, 0.2) is 42.7 Å². The summed E-state index contributed by atoms with van der Waals surface area (Å²) in [6.07, 6.45) is 2.88. The molecule has 3 rings (SSSR count). The summed E-state index contributed by atoms with van der Waals surface area (Å²) in [6, 6.07) is 7.78. The summed E-state index contributed by atoms with van der Waals surface area (Å²) < 4.78 is 16.3. The molecule has 1 aromatic carbocycles. The van der Waals surface area contributed by atoms with Crippen molar-refractivity contribution in [3.05, 3.63) is 65.5 Å². The fraction of sp³-hybridized carbons (Fsp3) is 0.250. The van der Waals surface area contributed by atoms with Gasteiger partial charge in [0.25, 0.3) is 5.91 Å². The molecular formula is C20H21FN4O3. The van der Waals surface area contributed by atoms with Crippen LogP contribution >= 0.6 is 0 Å². The lowest BCUT2D eigenvalue weighted by atomic mass is 10.1. The number of aryl methyl sites for hydroxylation is 1. The average Bonchev–Trinajstić information content (AvgIpc) is 3.21. The molecule has 0 atom stereocenters. The Morgan fingerprint density at radius 3 is 2.43 bits per heavy atom. The number of benzene rings is 1. The number of amides is 1. The van der Waals surface area contributed by atoms with E-state index in [0.717, 1.165) is 11.4 Å². The van der Waals surface area contributed by atoms with Gasteiger partial charge in [0, 0.05) is 23.3 Å². The minimum absolute atomic E-state index is 0.328. The van der Waals surface area contributed by atoms with Gasteiger partial charge in [-0.1, -0.05) is 0 Å². The maximum Gasteiger partial charge on any atom is 0.331 e. The highest BCUT2D eigenvalue weighted by Gasteiger charge is 2.30. The zero-order chi connectivity index (χ0) is 20.6. The van der Waals surface area contributed by atoms with E-state index < -0.39 is 11.5 Å². The van der Waals surface area contributed by atoms with E-state index in [0.29, 0.717) is 16.9 Å². The summed E-state index contributed by atoms with van der Waals surface area (Å²) in [5, 5.41) is 16.1. The Kier molecular flexibility index (Phi) is 4.80. The summed E-state index contributed by atoms with van der Waals surface area (Å²) in [7, 11) is 0. The highest BCUT2D eigenvalue weighted by Crippen LogP contribution is 2.23. The quantitative estimate of drug-likeness (QED) is 0.705. The first-order chi connectivity index (χ1) is 13.1. The van der Waals surface area contributed by atoms with E-state index in [1.165, 1.54) is 43.1 Å². The Morgan fingerprint density at radius 1 is 1.18 bits per heavy atom. The molecule has 2 N–H and O–H groups in total. The Hall–Kier alpha value is -3.42. The van der Waals surface area contributed by atoms with E-state index in [4.69, 9.17) is 0 Å². The van der Waals surface area contributed by atoms with Gasteiger partial charge in [-0.25, -0.2) is 9.18 Å². The molecule has 0 aliphatic rings. The second-order valence-electron chi connectivity index (χ2n) is 7.09. The second-order valence-corrected chi connectivity index (χ2v) is 7.09. The minimum Gasteiger partial charge on any atom is -0.479 e. The molecular weight excluding hydrogens is 363 g/mol. The Labute approximate surface area is 161 Å². The number of nitrogens with zero attached hydrogens (tertiary/aromatic N) is 3. The number of halogens is 1. The highest BCUT2D eigenvalue weighted by atomic mass is 19.1. The molecule has 0 saturated heterocycles. The van der Waals surface area contributed by atoms with Crippen molar-refractivity contribution in [2.24, 2.45) is 0 Å². The average molecular weight is 384 g/mol. The maximum absolute atomic E-state index is 13.2. The number of carboxylic acid groups (broad SMARTS) is 1. The fourth-order valence-corrected chi connectivity index (χ4v) is 2.97. The van der Waals surface area contributed by atoms with Crippen LogP contribution in [0.1, 0.15) is 35.6 Å². The minimum atomic E-state index is -1.23. The lowest BCUT2D eigenvalue weighted by Crippen LogP contribution is -2.35. The van der Waals surface area contributed by atoms with Gasteiger partial charge in [0.15, 0.2) is 5.54 Å². The third kappa shape index (κ3) is 3.40. The molecule has 28 heavy (non-hydrogen) atoms. The number of aromatic nitrogens is 3. The summed E-state index contributed by atoms with van der Waals surface area (Å²) >= 11 is 0. The van der Waals surface area contributed by atoms with E-state index in [2.05, 4.69) is 10.4 Å². The molecule has 7 nitrogen and oxygen atoms in total. The van der Waals surface area contributed by atoms with Gasteiger partial charge in [-0.05, 0) is 58.0 Å². The number of carboxylic acids is 1. The molecule has 0 saturated carbocycles. The number of hydrogen-bond donors (Lipinski definition) is 2. The third-order valence-electron chi connectivity index (χ3n) is 4.70. The topological polar surface area (TPSA) is 89.2 Å². The van der Waals surface area contributed by atoms with Gasteiger partial charge in [0.2, 0.25) is 0 Å². The number of aliphatic carboxylic acids is 1. The molecule has 0 spiro atoms. The summed E-state index contributed by atoms with van der Waals surface area (Å²) in [5.74, 6) is -1.70. The van der Waals surface area contributed by atoms with Crippen molar-refractivity contribution in [2.45, 2.75) is 33.2 Å². The van der Waals surface area contributed by atoms with Crippen LogP contribution in [-0.4, -0.2) is 31.3 Å². The van der Waals surface area contributed by atoms with E-state index in [1.54, 1.807) is 18.2 Å². The maximum atomic E-state index is 13.2. The lowest BCUT2D eigenvalue weighted by molar-refractivity contribution is -0.146. The smallest absolute Gasteiger partial charge is 0.331 e. The Bertz CT molecular complexity index is 1050. The van der Waals surface area contributed by atoms with Crippen LogP contribution in [0, 0.1) is 19.7 Å². The number of carbonyl (C=O) groups is 2. The molecule has 0 unspecified atom stereocenters. The zero-order valence-corrected chi connectivity index (χ0v) is 16.0. The van der Waals surface area contributed by atoms with Gasteiger partial charge in [-0.2, -0.15) is 5.10 Å². The molecule has 0 aliphatic heterocycles. The van der Waals surface area contributed by atoms with E-state index >= 15 is 0 Å². The van der Waals surface area contributed by atoms with Crippen LogP contribution in [0.3, 0.4) is 0 Å². The predicted molar refractivity (Wildman–Crippen MR) is 102 cm³/mol. The van der Waals surface area contributed by atoms with Crippen molar-refractivity contribution in [2.75, 3.05) is 5.32 Å². The fourth-order valence-electron chi connectivity index (χ4n) is 2.97. The predicted octanol–water partition coefficient (Wildman–Crippen LogP) is 3.50. The summed E-state index contributed by atoms with van der Waals surface area (Å²) in [5.41, 5.74) is 1.92. The van der Waals surface area contributed by atoms with Crippen LogP contribution in [0.4, 0.5) is 10.1 Å². The number of rotatable bonds is 5. The van der Waals surface area contributed by atoms with E-state index in [9.17, 15) is 19.1 Å². The molecule has 0 radical (unpaired) electrons. The lowest BCUT2D eigenvalue weighted by Gasteiger charge is -2.19. The first-order valence-electron chi connectivity index (χ1n) is 8.66. The monoisotopic (exact) mass is 384 g/mol. The Morgan fingerprint density at radius 2 is 1.82 bits per heavy atom. The van der Waals surface area contributed by atoms with Gasteiger partial charge >= 0.3 is 5.97 Å². The third-order valence-corrected chi connectivity index (χ3v) is 4.70. The summed E-state index contributed by atoms with van der Waals surface area (Å²) in [4.78, 5) is 24.1. The normalized spacial score (nSPS) is 11.5. The van der Waals surface area contributed by atoms with Crippen LogP contribution in [-0.2, 0) is 10.3 Å². The SMILES string of the molecule is Cc1cc(C(=O)Nc2cnn(C(C)(C)C(=O)O)c2)c(C)n1-c1ccc(F)cc1. The Balaban J connectivity index is 1.86. The van der Waals surface area contributed by atoms with Crippen molar-refractivity contribution >= 4 is 17.6 Å². The number of nitrogens with one attached hydrogen (secondary N) is 1. The zero-order valence-electron chi connectivity index (χ0n) is 16.0. The van der Waals surface area contributed by atoms with Crippen molar-refractivity contribution in [3.8, 4) is 5.69 Å². The van der Waals surface area contributed by atoms with Crippen molar-refractivity contribution in [3.63, 3.8) is 0 Å². The van der Waals surface area contributed by atoms with Crippen LogP contribution in [0.5, 0.6) is 0 Å². The molecule has 3 aromatic rings. The number of anilines is 1. The van der Waals surface area contributed by atoms with Gasteiger partial charge in [0.1, 0.15) is 5.82 Å².